The zero-order valence-electron chi connectivity index (χ0n) is 24.6. The van der Waals surface area contributed by atoms with E-state index in [0.717, 1.165) is 0 Å². The second-order valence-corrected chi connectivity index (χ2v) is 11.8. The van der Waals surface area contributed by atoms with E-state index in [2.05, 4.69) is 10.6 Å². The molecule has 3 rings (SSSR count). The van der Waals surface area contributed by atoms with Crippen molar-refractivity contribution in [3.63, 3.8) is 0 Å². The molecule has 18 nitrogen and oxygen atoms in total. The van der Waals surface area contributed by atoms with Gasteiger partial charge in [0.25, 0.3) is 11.8 Å². The Bertz CT molecular complexity index is 950. The Kier molecular flexibility index (Phi) is 13.7. The highest BCUT2D eigenvalue weighted by atomic mass is 19.3. The van der Waals surface area contributed by atoms with Crippen LogP contribution >= 0.6 is 0 Å². The fraction of sp³-hybridized carbons (Fsp3) is 0.960. The van der Waals surface area contributed by atoms with E-state index >= 15 is 0 Å². The molecule has 2 aliphatic heterocycles. The Morgan fingerprint density at radius 2 is 1.64 bits per heavy atom. The van der Waals surface area contributed by atoms with E-state index < -0.39 is 122 Å². The van der Waals surface area contributed by atoms with Gasteiger partial charge in [-0.2, -0.15) is 0 Å². The second-order valence-electron chi connectivity index (χ2n) is 11.8. The van der Waals surface area contributed by atoms with E-state index in [4.69, 9.17) is 42.9 Å². The molecule has 1 aliphatic carbocycles. The average molecular weight is 662 g/mol. The highest BCUT2D eigenvalue weighted by molar-refractivity contribution is 5.82. The lowest BCUT2D eigenvalue weighted by Gasteiger charge is -2.53. The number of rotatable bonds is 13. The first-order valence-electron chi connectivity index (χ1n) is 14.8. The summed E-state index contributed by atoms with van der Waals surface area (Å²) in [5.74, 6) is -6.73. The molecule has 264 valence electrons. The van der Waals surface area contributed by atoms with Crippen LogP contribution in [0.2, 0.25) is 0 Å². The molecule has 0 bridgehead atoms. The monoisotopic (exact) mass is 661 g/mol. The van der Waals surface area contributed by atoms with Crippen molar-refractivity contribution in [1.82, 2.24) is 10.6 Å². The van der Waals surface area contributed by atoms with Crippen LogP contribution < -0.4 is 39.3 Å². The summed E-state index contributed by atoms with van der Waals surface area (Å²) in [6, 6.07) is -4.91. The highest BCUT2D eigenvalue weighted by Crippen LogP contribution is 2.37. The predicted molar refractivity (Wildman–Crippen MR) is 150 cm³/mol. The third kappa shape index (κ3) is 8.23. The Morgan fingerprint density at radius 1 is 0.978 bits per heavy atom. The minimum absolute atomic E-state index is 0.223. The Hall–Kier alpha value is -1.31. The zero-order valence-corrected chi connectivity index (χ0v) is 24.6. The van der Waals surface area contributed by atoms with Crippen LogP contribution in [0.25, 0.3) is 0 Å². The first-order valence-corrected chi connectivity index (χ1v) is 14.8. The summed E-state index contributed by atoms with van der Waals surface area (Å²) in [5, 5.41) is 79.2. The van der Waals surface area contributed by atoms with Gasteiger partial charge in [-0.1, -0.05) is 0 Å². The maximum Gasteiger partial charge on any atom is 0.294 e. The quantitative estimate of drug-likeness (QED) is 0.0815. The highest BCUT2D eigenvalue weighted by Gasteiger charge is 2.56. The summed E-state index contributed by atoms with van der Waals surface area (Å²) in [7, 11) is 0. The number of nitrogens with two attached hydrogens (primary N) is 5. The van der Waals surface area contributed by atoms with Crippen LogP contribution in [0.15, 0.2) is 0 Å². The number of hydrogen-bond donors (Lipinski definition) is 14. The van der Waals surface area contributed by atoms with Crippen molar-refractivity contribution >= 4 is 5.91 Å². The van der Waals surface area contributed by atoms with Gasteiger partial charge in [0.05, 0.1) is 49.6 Å². The lowest BCUT2D eigenvalue weighted by Crippen LogP contribution is -2.72. The molecule has 19 N–H and O–H groups in total. The minimum atomic E-state index is -4.01. The number of ether oxygens (including phenoxy) is 3. The predicted octanol–water partition coefficient (Wildman–Crippen LogP) is -7.96. The third-order valence-electron chi connectivity index (χ3n) is 8.78. The van der Waals surface area contributed by atoms with Crippen molar-refractivity contribution in [3.05, 3.63) is 0 Å². The molecular weight excluding hydrogens is 612 g/mol. The molecule has 0 spiro atoms. The van der Waals surface area contributed by atoms with E-state index in [1.807, 2.05) is 0 Å². The molecule has 45 heavy (non-hydrogen) atoms. The van der Waals surface area contributed by atoms with Gasteiger partial charge in [-0.25, -0.2) is 8.78 Å². The summed E-state index contributed by atoms with van der Waals surface area (Å²) in [4.78, 5) is 12.7. The lowest BCUT2D eigenvalue weighted by atomic mass is 9.71. The van der Waals surface area contributed by atoms with Crippen LogP contribution in [-0.2, 0) is 19.0 Å². The Balaban J connectivity index is 1.98. The third-order valence-corrected chi connectivity index (χ3v) is 8.78. The van der Waals surface area contributed by atoms with Crippen molar-refractivity contribution in [2.45, 2.75) is 110 Å². The molecule has 1 saturated carbocycles. The van der Waals surface area contributed by atoms with Crippen molar-refractivity contribution in [2.24, 2.45) is 34.6 Å². The van der Waals surface area contributed by atoms with Crippen molar-refractivity contribution < 1.29 is 63.5 Å². The molecule has 20 heteroatoms. The van der Waals surface area contributed by atoms with Crippen molar-refractivity contribution in [2.75, 3.05) is 32.8 Å². The van der Waals surface area contributed by atoms with Gasteiger partial charge in [0, 0.05) is 18.5 Å². The number of aliphatic hydroxyl groups is 7. The van der Waals surface area contributed by atoms with Gasteiger partial charge in [0.15, 0.2) is 12.4 Å². The number of halogens is 2. The van der Waals surface area contributed by atoms with Gasteiger partial charge < -0.3 is 89.3 Å². The van der Waals surface area contributed by atoms with E-state index in [1.54, 1.807) is 0 Å². The second kappa shape index (κ2) is 16.2. The van der Waals surface area contributed by atoms with Gasteiger partial charge in [0.2, 0.25) is 0 Å². The molecule has 3 aliphatic rings. The number of nitrogens with one attached hydrogen (secondary N) is 2. The van der Waals surface area contributed by atoms with Crippen LogP contribution in [0.4, 0.5) is 8.78 Å². The van der Waals surface area contributed by atoms with Crippen molar-refractivity contribution in [3.8, 4) is 0 Å². The maximum atomic E-state index is 14.1. The van der Waals surface area contributed by atoms with Crippen LogP contribution in [0.3, 0.4) is 0 Å². The molecule has 0 aromatic heterocycles. The van der Waals surface area contributed by atoms with Gasteiger partial charge in [-0.05, 0) is 25.9 Å². The summed E-state index contributed by atoms with van der Waals surface area (Å²) in [5.41, 5.74) is 28.7. The van der Waals surface area contributed by atoms with Crippen LogP contribution in [0.1, 0.15) is 12.8 Å². The number of carbonyl (C=O) groups is 1. The average Bonchev–Trinajstić information content (AvgIpc) is 3.01. The normalized spacial score (nSPS) is 43.6. The molecule has 2 heterocycles. The number of amides is 1. The first-order chi connectivity index (χ1) is 21.1. The van der Waals surface area contributed by atoms with E-state index in [1.165, 1.54) is 0 Å². The molecule has 0 aromatic rings. The molecule has 1 amide bonds. The molecule has 16 atom stereocenters. The molecule has 0 aromatic carbocycles. The minimum Gasteiger partial charge on any atom is -0.394 e. The molecule has 3 fully saturated rings. The summed E-state index contributed by atoms with van der Waals surface area (Å²) < 4.78 is 45.5. The smallest absolute Gasteiger partial charge is 0.294 e. The van der Waals surface area contributed by atoms with Crippen molar-refractivity contribution in [1.29, 1.82) is 0 Å². The summed E-state index contributed by atoms with van der Waals surface area (Å²) in [6.45, 7) is -1.75. The van der Waals surface area contributed by atoms with Gasteiger partial charge in [-0.3, -0.25) is 4.79 Å². The summed E-state index contributed by atoms with van der Waals surface area (Å²) in [6.07, 6.45) is -17.5. The van der Waals surface area contributed by atoms with E-state index in [0.29, 0.717) is 13.0 Å². The number of hydrogen-bond acceptors (Lipinski definition) is 17. The van der Waals surface area contributed by atoms with Crippen LogP contribution in [0, 0.1) is 5.92 Å². The lowest BCUT2D eigenvalue weighted by molar-refractivity contribution is -0.308. The maximum absolute atomic E-state index is 14.1. The molecular formula is C25H49F2N7O11. The SMILES string of the molecule is NCCCNC1C(O)C(O)C(CN)OC1C1C(N)CC(NC(=O)C(O)C(F)(F)CN)C(OC2OC(CO)C(O)C(N)C2O)C1O. The van der Waals surface area contributed by atoms with Gasteiger partial charge in [0.1, 0.15) is 36.6 Å². The Morgan fingerprint density at radius 3 is 2.22 bits per heavy atom. The number of carbonyl (C=O) groups excluding carboxylic acids is 1. The summed E-state index contributed by atoms with van der Waals surface area (Å²) >= 11 is 0. The topological polar surface area (TPSA) is 341 Å². The fourth-order valence-electron chi connectivity index (χ4n) is 6.12. The largest absolute Gasteiger partial charge is 0.394 e. The van der Waals surface area contributed by atoms with Crippen LogP contribution in [0.5, 0.6) is 0 Å². The Labute approximate surface area is 258 Å². The van der Waals surface area contributed by atoms with Gasteiger partial charge in [-0.15, -0.1) is 0 Å². The van der Waals surface area contributed by atoms with Gasteiger partial charge >= 0.3 is 0 Å². The standard InChI is InChI=1S/C25H49F2N7O11/c26-25(27,7-30)22(41)23(42)34-9-4-8(31)12(21-14(33-3-1-2-28)19(40)16(37)10(5-29)43-21)17(38)20(9)45-24-18(39)13(32)15(36)11(6-35)44-24/h8-22,24,33,35-41H,1-7,28-32H2,(H,34,42). The molecule has 16 unspecified atom stereocenters. The molecule has 2 saturated heterocycles. The first kappa shape index (κ1) is 38.1. The zero-order chi connectivity index (χ0) is 33.8. The van der Waals surface area contributed by atoms with E-state index in [9.17, 15) is 49.3 Å². The molecule has 0 radical (unpaired) electrons. The number of aliphatic hydroxyl groups excluding tert-OH is 7. The fourth-order valence-corrected chi connectivity index (χ4v) is 6.12. The van der Waals surface area contributed by atoms with E-state index in [-0.39, 0.29) is 19.5 Å². The van der Waals surface area contributed by atoms with Crippen LogP contribution in [-0.4, -0.2) is 172 Å². The number of alkyl halides is 2.